The van der Waals surface area contributed by atoms with E-state index in [4.69, 9.17) is 9.73 Å². The minimum atomic E-state index is 0.255. The van der Waals surface area contributed by atoms with E-state index in [-0.39, 0.29) is 5.91 Å². The first-order valence-electron chi connectivity index (χ1n) is 12.2. The van der Waals surface area contributed by atoms with Gasteiger partial charge in [0.15, 0.2) is 5.96 Å². The van der Waals surface area contributed by atoms with Crippen molar-refractivity contribution in [2.24, 2.45) is 10.9 Å². The van der Waals surface area contributed by atoms with Crippen molar-refractivity contribution in [1.82, 2.24) is 15.5 Å². The number of amides is 1. The highest BCUT2D eigenvalue weighted by atomic mass is 16.5. The molecule has 1 amide bonds. The Balaban J connectivity index is 1.41. The number of rotatable bonds is 10. The van der Waals surface area contributed by atoms with Gasteiger partial charge in [-0.05, 0) is 61.8 Å². The lowest BCUT2D eigenvalue weighted by molar-refractivity contribution is -0.128. The second kappa shape index (κ2) is 11.2. The molecule has 0 radical (unpaired) electrons. The summed E-state index contributed by atoms with van der Waals surface area (Å²) in [6.45, 7) is 8.49. The molecular formula is C27H36N4O2. The number of aliphatic imine (C=N–C) groups is 1. The van der Waals surface area contributed by atoms with Crippen LogP contribution in [0.25, 0.3) is 0 Å². The number of carbonyl (C=O) groups is 1. The number of ether oxygens (including phenoxy) is 1. The van der Waals surface area contributed by atoms with Crippen LogP contribution < -0.4 is 15.4 Å². The summed E-state index contributed by atoms with van der Waals surface area (Å²) in [5.41, 5.74) is 4.68. The fourth-order valence-electron chi connectivity index (χ4n) is 4.06. The topological polar surface area (TPSA) is 66.0 Å². The van der Waals surface area contributed by atoms with E-state index in [1.165, 1.54) is 29.5 Å². The van der Waals surface area contributed by atoms with Crippen LogP contribution in [0.15, 0.2) is 47.5 Å². The van der Waals surface area contributed by atoms with Gasteiger partial charge in [0.2, 0.25) is 5.91 Å². The lowest BCUT2D eigenvalue weighted by Crippen LogP contribution is -2.37. The van der Waals surface area contributed by atoms with E-state index in [0.29, 0.717) is 26.1 Å². The molecular weight excluding hydrogens is 412 g/mol. The van der Waals surface area contributed by atoms with E-state index in [2.05, 4.69) is 54.8 Å². The van der Waals surface area contributed by atoms with E-state index >= 15 is 0 Å². The predicted molar refractivity (Wildman–Crippen MR) is 132 cm³/mol. The molecule has 1 aliphatic carbocycles. The lowest BCUT2D eigenvalue weighted by atomic mass is 10.1. The third-order valence-electron chi connectivity index (χ3n) is 6.24. The number of hydrogen-bond donors (Lipinski definition) is 2. The SMILES string of the molecule is CCNC(=NCc1ccc(C)cc1OCC1CC1)NCc1ccccc1CN1CCCC1=O. The fraction of sp³-hybridized carbons (Fsp3) is 0.481. The molecule has 176 valence electrons. The van der Waals surface area contributed by atoms with Gasteiger partial charge in [-0.25, -0.2) is 4.99 Å². The first-order chi connectivity index (χ1) is 16.1. The summed E-state index contributed by atoms with van der Waals surface area (Å²) < 4.78 is 6.11. The van der Waals surface area contributed by atoms with Crippen LogP contribution >= 0.6 is 0 Å². The molecule has 2 fully saturated rings. The zero-order chi connectivity index (χ0) is 23.0. The Morgan fingerprint density at radius 1 is 1.12 bits per heavy atom. The first-order valence-corrected chi connectivity index (χ1v) is 12.2. The smallest absolute Gasteiger partial charge is 0.222 e. The maximum Gasteiger partial charge on any atom is 0.222 e. The van der Waals surface area contributed by atoms with Gasteiger partial charge in [0, 0.05) is 38.2 Å². The number of benzene rings is 2. The number of nitrogens with one attached hydrogen (secondary N) is 2. The molecule has 2 aromatic carbocycles. The van der Waals surface area contributed by atoms with Gasteiger partial charge in [0.1, 0.15) is 5.75 Å². The summed E-state index contributed by atoms with van der Waals surface area (Å²) >= 11 is 0. The van der Waals surface area contributed by atoms with Crippen LogP contribution in [0.4, 0.5) is 0 Å². The number of guanidine groups is 1. The van der Waals surface area contributed by atoms with Crippen molar-refractivity contribution in [3.8, 4) is 5.75 Å². The van der Waals surface area contributed by atoms with Crippen molar-refractivity contribution in [3.05, 3.63) is 64.7 Å². The summed E-state index contributed by atoms with van der Waals surface area (Å²) in [7, 11) is 0. The molecule has 1 saturated carbocycles. The summed E-state index contributed by atoms with van der Waals surface area (Å²) in [6, 6.07) is 14.7. The molecule has 4 rings (SSSR count). The average molecular weight is 449 g/mol. The Morgan fingerprint density at radius 2 is 1.94 bits per heavy atom. The van der Waals surface area contributed by atoms with E-state index in [9.17, 15) is 4.79 Å². The highest BCUT2D eigenvalue weighted by molar-refractivity contribution is 5.80. The fourth-order valence-corrected chi connectivity index (χ4v) is 4.06. The molecule has 0 unspecified atom stereocenters. The highest BCUT2D eigenvalue weighted by Gasteiger charge is 2.22. The maximum absolute atomic E-state index is 12.1. The molecule has 2 N–H and O–H groups in total. The lowest BCUT2D eigenvalue weighted by Gasteiger charge is -2.19. The molecule has 0 bridgehead atoms. The number of carbonyl (C=O) groups excluding carboxylic acids is 1. The van der Waals surface area contributed by atoms with Gasteiger partial charge in [0.25, 0.3) is 0 Å². The summed E-state index contributed by atoms with van der Waals surface area (Å²) in [5.74, 6) is 2.70. The molecule has 0 spiro atoms. The highest BCUT2D eigenvalue weighted by Crippen LogP contribution is 2.31. The van der Waals surface area contributed by atoms with Crippen LogP contribution in [0.3, 0.4) is 0 Å². The Kier molecular flexibility index (Phi) is 7.87. The van der Waals surface area contributed by atoms with Gasteiger partial charge in [-0.2, -0.15) is 0 Å². The Bertz CT molecular complexity index is 984. The van der Waals surface area contributed by atoms with Crippen LogP contribution in [0.1, 0.15) is 54.9 Å². The molecule has 33 heavy (non-hydrogen) atoms. The van der Waals surface area contributed by atoms with Crippen molar-refractivity contribution in [3.63, 3.8) is 0 Å². The minimum absolute atomic E-state index is 0.255. The Labute approximate surface area is 197 Å². The van der Waals surface area contributed by atoms with Crippen molar-refractivity contribution in [1.29, 1.82) is 0 Å². The van der Waals surface area contributed by atoms with Crippen LogP contribution in [0.5, 0.6) is 5.75 Å². The summed E-state index contributed by atoms with van der Waals surface area (Å²) in [5, 5.41) is 6.82. The molecule has 2 aromatic rings. The van der Waals surface area contributed by atoms with E-state index in [1.807, 2.05) is 17.0 Å². The third kappa shape index (κ3) is 6.73. The quantitative estimate of drug-likeness (QED) is 0.423. The number of nitrogens with zero attached hydrogens (tertiary/aromatic N) is 2. The van der Waals surface area contributed by atoms with Gasteiger partial charge in [-0.1, -0.05) is 36.4 Å². The maximum atomic E-state index is 12.1. The van der Waals surface area contributed by atoms with Crippen molar-refractivity contribution >= 4 is 11.9 Å². The molecule has 1 heterocycles. The Hall–Kier alpha value is -3.02. The van der Waals surface area contributed by atoms with Crippen LogP contribution in [0.2, 0.25) is 0 Å². The molecule has 1 saturated heterocycles. The second-order valence-corrected chi connectivity index (χ2v) is 9.10. The number of aryl methyl sites for hydroxylation is 1. The second-order valence-electron chi connectivity index (χ2n) is 9.10. The zero-order valence-electron chi connectivity index (χ0n) is 19.9. The molecule has 0 atom stereocenters. The normalized spacial score (nSPS) is 16.2. The zero-order valence-corrected chi connectivity index (χ0v) is 19.9. The van der Waals surface area contributed by atoms with Gasteiger partial charge < -0.3 is 20.3 Å². The molecule has 0 aromatic heterocycles. The Morgan fingerprint density at radius 3 is 2.67 bits per heavy atom. The van der Waals surface area contributed by atoms with E-state index in [0.717, 1.165) is 49.3 Å². The summed E-state index contributed by atoms with van der Waals surface area (Å²) in [4.78, 5) is 18.9. The third-order valence-corrected chi connectivity index (χ3v) is 6.24. The largest absolute Gasteiger partial charge is 0.493 e. The standard InChI is InChI=1S/C27H36N4O2/c1-3-28-27(30-17-23-13-10-20(2)15-25(23)33-19-21-11-12-21)29-16-22-7-4-5-8-24(22)18-31-14-6-9-26(31)32/h4-5,7-8,10,13,15,21H,3,6,9,11-12,14,16-19H2,1-2H3,(H2,28,29,30). The monoisotopic (exact) mass is 448 g/mol. The van der Waals surface area contributed by atoms with Gasteiger partial charge in [0.05, 0.1) is 13.2 Å². The van der Waals surface area contributed by atoms with E-state index in [1.54, 1.807) is 0 Å². The number of likely N-dealkylation sites (tertiary alicyclic amines) is 1. The van der Waals surface area contributed by atoms with Crippen molar-refractivity contribution < 1.29 is 9.53 Å². The van der Waals surface area contributed by atoms with Crippen LogP contribution in [0, 0.1) is 12.8 Å². The predicted octanol–water partition coefficient (Wildman–Crippen LogP) is 4.16. The van der Waals surface area contributed by atoms with E-state index < -0.39 is 0 Å². The van der Waals surface area contributed by atoms with Crippen LogP contribution in [-0.4, -0.2) is 36.5 Å². The van der Waals surface area contributed by atoms with Crippen LogP contribution in [-0.2, 0) is 24.4 Å². The average Bonchev–Trinajstić information content (AvgIpc) is 3.57. The molecule has 6 nitrogen and oxygen atoms in total. The first kappa shape index (κ1) is 23.1. The minimum Gasteiger partial charge on any atom is -0.493 e. The number of hydrogen-bond acceptors (Lipinski definition) is 3. The van der Waals surface area contributed by atoms with Crippen molar-refractivity contribution in [2.75, 3.05) is 19.7 Å². The van der Waals surface area contributed by atoms with Crippen molar-refractivity contribution in [2.45, 2.75) is 59.2 Å². The van der Waals surface area contributed by atoms with Gasteiger partial charge in [-0.3, -0.25) is 4.79 Å². The van der Waals surface area contributed by atoms with Gasteiger partial charge >= 0.3 is 0 Å². The molecule has 1 aliphatic heterocycles. The van der Waals surface area contributed by atoms with Gasteiger partial charge in [-0.15, -0.1) is 0 Å². The molecule has 6 heteroatoms. The molecule has 2 aliphatic rings. The summed E-state index contributed by atoms with van der Waals surface area (Å²) in [6.07, 6.45) is 4.19.